The lowest BCUT2D eigenvalue weighted by Crippen LogP contribution is -2.50. The molecule has 82 valence electrons. The van der Waals surface area contributed by atoms with E-state index in [1.807, 2.05) is 0 Å². The molecular formula is C13H24O. The van der Waals surface area contributed by atoms with Gasteiger partial charge in [-0.2, -0.15) is 0 Å². The van der Waals surface area contributed by atoms with Crippen molar-refractivity contribution >= 4 is 0 Å². The van der Waals surface area contributed by atoms with Gasteiger partial charge in [0.05, 0.1) is 5.60 Å². The van der Waals surface area contributed by atoms with Crippen LogP contribution in [0.5, 0.6) is 0 Å². The van der Waals surface area contributed by atoms with E-state index in [0.717, 1.165) is 24.7 Å². The Hall–Kier alpha value is -0.0400. The molecule has 2 unspecified atom stereocenters. The molecule has 0 aliphatic heterocycles. The minimum atomic E-state index is -0.257. The first-order chi connectivity index (χ1) is 6.64. The Balaban J connectivity index is 1.91. The quantitative estimate of drug-likeness (QED) is 0.718. The molecule has 2 aliphatic carbocycles. The van der Waals surface area contributed by atoms with Crippen LogP contribution in [-0.4, -0.2) is 10.7 Å². The molecule has 0 amide bonds. The van der Waals surface area contributed by atoms with Gasteiger partial charge in [-0.15, -0.1) is 0 Å². The van der Waals surface area contributed by atoms with E-state index in [1.165, 1.54) is 32.1 Å². The van der Waals surface area contributed by atoms with Gasteiger partial charge in [0, 0.05) is 0 Å². The minimum absolute atomic E-state index is 0.257. The standard InChI is InChI=1S/C13H24O/c1-3-11-5-4-6-12(7-11)13(14)8-10(2)9-13/h10-12,14H,3-9H2,1-2H3. The zero-order valence-corrected chi connectivity index (χ0v) is 9.63. The van der Waals surface area contributed by atoms with Crippen molar-refractivity contribution in [2.24, 2.45) is 17.8 Å². The van der Waals surface area contributed by atoms with Crippen LogP contribution in [0.1, 0.15) is 58.8 Å². The molecule has 0 aromatic carbocycles. The highest BCUT2D eigenvalue weighted by atomic mass is 16.3. The Morgan fingerprint density at radius 1 is 1.29 bits per heavy atom. The van der Waals surface area contributed by atoms with Gasteiger partial charge < -0.3 is 5.11 Å². The largest absolute Gasteiger partial charge is 0.390 e. The zero-order chi connectivity index (χ0) is 10.2. The predicted molar refractivity (Wildman–Crippen MR) is 59.1 cm³/mol. The topological polar surface area (TPSA) is 20.2 Å². The van der Waals surface area contributed by atoms with Gasteiger partial charge in [0.2, 0.25) is 0 Å². The lowest BCUT2D eigenvalue weighted by Gasteiger charge is -2.50. The fraction of sp³-hybridized carbons (Fsp3) is 1.00. The maximum absolute atomic E-state index is 10.4. The highest BCUT2D eigenvalue weighted by Crippen LogP contribution is 2.49. The van der Waals surface area contributed by atoms with Crippen LogP contribution >= 0.6 is 0 Å². The summed E-state index contributed by atoms with van der Waals surface area (Å²) in [6, 6.07) is 0. The van der Waals surface area contributed by atoms with Gasteiger partial charge in [-0.1, -0.05) is 33.1 Å². The molecule has 2 saturated carbocycles. The fourth-order valence-corrected chi connectivity index (χ4v) is 3.63. The zero-order valence-electron chi connectivity index (χ0n) is 9.63. The van der Waals surface area contributed by atoms with Crippen molar-refractivity contribution in [2.75, 3.05) is 0 Å². The van der Waals surface area contributed by atoms with Crippen LogP contribution in [-0.2, 0) is 0 Å². The second kappa shape index (κ2) is 3.84. The molecule has 0 spiro atoms. The van der Waals surface area contributed by atoms with E-state index >= 15 is 0 Å². The van der Waals surface area contributed by atoms with Crippen molar-refractivity contribution in [3.05, 3.63) is 0 Å². The van der Waals surface area contributed by atoms with Gasteiger partial charge in [0.25, 0.3) is 0 Å². The second-order valence-electron chi connectivity index (χ2n) is 5.75. The molecule has 0 heterocycles. The van der Waals surface area contributed by atoms with Crippen molar-refractivity contribution in [1.29, 1.82) is 0 Å². The van der Waals surface area contributed by atoms with Crippen molar-refractivity contribution in [2.45, 2.75) is 64.4 Å². The fourth-order valence-electron chi connectivity index (χ4n) is 3.63. The maximum Gasteiger partial charge on any atom is 0.0681 e. The van der Waals surface area contributed by atoms with Crippen molar-refractivity contribution < 1.29 is 5.11 Å². The molecule has 2 rings (SSSR count). The highest BCUT2D eigenvalue weighted by Gasteiger charge is 2.47. The van der Waals surface area contributed by atoms with Gasteiger partial charge in [-0.3, -0.25) is 0 Å². The first kappa shape index (κ1) is 10.5. The predicted octanol–water partition coefficient (Wildman–Crippen LogP) is 3.36. The van der Waals surface area contributed by atoms with Crippen molar-refractivity contribution in [3.63, 3.8) is 0 Å². The summed E-state index contributed by atoms with van der Waals surface area (Å²) in [5, 5.41) is 10.4. The Morgan fingerprint density at radius 3 is 2.57 bits per heavy atom. The summed E-state index contributed by atoms with van der Waals surface area (Å²) in [6.45, 7) is 4.55. The lowest BCUT2D eigenvalue weighted by atomic mass is 9.60. The lowest BCUT2D eigenvalue weighted by molar-refractivity contribution is -0.126. The molecule has 2 atom stereocenters. The Morgan fingerprint density at radius 2 is 2.00 bits per heavy atom. The molecular weight excluding hydrogens is 172 g/mol. The third-order valence-corrected chi connectivity index (χ3v) is 4.52. The summed E-state index contributed by atoms with van der Waals surface area (Å²) < 4.78 is 0. The number of hydrogen-bond donors (Lipinski definition) is 1. The van der Waals surface area contributed by atoms with E-state index in [2.05, 4.69) is 13.8 Å². The summed E-state index contributed by atoms with van der Waals surface area (Å²) in [5.74, 6) is 2.29. The second-order valence-corrected chi connectivity index (χ2v) is 5.75. The average Bonchev–Trinajstić information content (AvgIpc) is 2.16. The Bertz CT molecular complexity index is 193. The molecule has 1 nitrogen and oxygen atoms in total. The van der Waals surface area contributed by atoms with Crippen LogP contribution in [0.15, 0.2) is 0 Å². The number of aliphatic hydroxyl groups is 1. The van der Waals surface area contributed by atoms with E-state index in [9.17, 15) is 5.11 Å². The van der Waals surface area contributed by atoms with Crippen molar-refractivity contribution in [3.8, 4) is 0 Å². The molecule has 0 aromatic rings. The molecule has 2 aliphatic rings. The third-order valence-electron chi connectivity index (χ3n) is 4.52. The van der Waals surface area contributed by atoms with Gasteiger partial charge in [-0.25, -0.2) is 0 Å². The van der Waals surface area contributed by atoms with Crippen LogP contribution in [0.25, 0.3) is 0 Å². The third kappa shape index (κ3) is 1.84. The SMILES string of the molecule is CCC1CCCC(C2(O)CC(C)C2)C1. The van der Waals surface area contributed by atoms with E-state index in [0.29, 0.717) is 5.92 Å². The molecule has 0 aromatic heterocycles. The van der Waals surface area contributed by atoms with Crippen LogP contribution in [0, 0.1) is 17.8 Å². The average molecular weight is 196 g/mol. The number of hydrogen-bond acceptors (Lipinski definition) is 1. The monoisotopic (exact) mass is 196 g/mol. The molecule has 2 fully saturated rings. The van der Waals surface area contributed by atoms with Gasteiger partial charge in [0.1, 0.15) is 0 Å². The normalized spacial score (nSPS) is 48.6. The molecule has 1 heteroatoms. The Labute approximate surface area is 87.9 Å². The smallest absolute Gasteiger partial charge is 0.0681 e. The minimum Gasteiger partial charge on any atom is -0.390 e. The van der Waals surface area contributed by atoms with E-state index in [1.54, 1.807) is 0 Å². The van der Waals surface area contributed by atoms with E-state index in [4.69, 9.17) is 0 Å². The number of rotatable bonds is 2. The van der Waals surface area contributed by atoms with Gasteiger partial charge in [0.15, 0.2) is 0 Å². The van der Waals surface area contributed by atoms with Crippen LogP contribution < -0.4 is 0 Å². The van der Waals surface area contributed by atoms with Crippen LogP contribution in [0.3, 0.4) is 0 Å². The first-order valence-electron chi connectivity index (χ1n) is 6.36. The van der Waals surface area contributed by atoms with Crippen LogP contribution in [0.4, 0.5) is 0 Å². The van der Waals surface area contributed by atoms with E-state index < -0.39 is 0 Å². The van der Waals surface area contributed by atoms with Gasteiger partial charge in [-0.05, 0) is 43.4 Å². The molecule has 0 saturated heterocycles. The van der Waals surface area contributed by atoms with Gasteiger partial charge >= 0.3 is 0 Å². The summed E-state index contributed by atoms with van der Waals surface area (Å²) in [5.41, 5.74) is -0.257. The maximum atomic E-state index is 10.4. The molecule has 1 N–H and O–H groups in total. The van der Waals surface area contributed by atoms with Crippen LogP contribution in [0.2, 0.25) is 0 Å². The summed E-state index contributed by atoms with van der Waals surface area (Å²) in [7, 11) is 0. The van der Waals surface area contributed by atoms with Crippen molar-refractivity contribution in [1.82, 2.24) is 0 Å². The molecule has 0 radical (unpaired) electrons. The summed E-state index contributed by atoms with van der Waals surface area (Å²) in [4.78, 5) is 0. The first-order valence-corrected chi connectivity index (χ1v) is 6.36. The summed E-state index contributed by atoms with van der Waals surface area (Å²) >= 11 is 0. The summed E-state index contributed by atoms with van der Waals surface area (Å²) in [6.07, 6.45) is 8.75. The molecule has 14 heavy (non-hydrogen) atoms. The Kier molecular flexibility index (Phi) is 2.88. The molecule has 0 bridgehead atoms. The highest BCUT2D eigenvalue weighted by molar-refractivity contribution is 4.98. The van der Waals surface area contributed by atoms with E-state index in [-0.39, 0.29) is 5.60 Å².